The van der Waals surface area contributed by atoms with Crippen molar-refractivity contribution in [2.75, 3.05) is 0 Å². The van der Waals surface area contributed by atoms with Gasteiger partial charge in [-0.2, -0.15) is 0 Å². The lowest BCUT2D eigenvalue weighted by molar-refractivity contribution is 1.17. The molecule has 38 heavy (non-hydrogen) atoms. The monoisotopic (exact) mass is 488 g/mol. The molecule has 2 heterocycles. The van der Waals surface area contributed by atoms with Gasteiger partial charge in [0, 0.05) is 24.0 Å². The van der Waals surface area contributed by atoms with Crippen molar-refractivity contribution >= 4 is 54.0 Å². The van der Waals surface area contributed by atoms with E-state index in [1.807, 2.05) is 12.3 Å². The van der Waals surface area contributed by atoms with E-state index in [9.17, 15) is 0 Å². The third kappa shape index (κ3) is 5.01. The number of hydrogen-bond acceptors (Lipinski definition) is 4. The Labute approximate surface area is 220 Å². The fourth-order valence-corrected chi connectivity index (χ4v) is 4.61. The minimum atomic E-state index is 0.993. The van der Waals surface area contributed by atoms with Crippen LogP contribution in [0.1, 0.15) is 0 Å². The van der Waals surface area contributed by atoms with Crippen molar-refractivity contribution < 1.29 is 0 Å². The molecule has 0 radical (unpaired) electrons. The summed E-state index contributed by atoms with van der Waals surface area (Å²) in [5, 5.41) is 11.3. The van der Waals surface area contributed by atoms with Gasteiger partial charge in [-0.05, 0) is 79.5 Å². The highest BCUT2D eigenvalue weighted by Gasteiger charge is 2.03. The zero-order valence-electron chi connectivity index (χ0n) is 20.6. The SMILES string of the molecule is c1ccc2cc3c(ccc4ncncc43)cc2c1.c1ccc2cc3ccccc3cc2c1.c1cncnc1. The molecule has 0 aliphatic heterocycles. The maximum Gasteiger partial charge on any atom is 0.116 e. The van der Waals surface area contributed by atoms with Gasteiger partial charge in [0.15, 0.2) is 0 Å². The fraction of sp³-hybridized carbons (Fsp3) is 0. The quantitative estimate of drug-likeness (QED) is 0.159. The zero-order valence-corrected chi connectivity index (χ0v) is 20.6. The van der Waals surface area contributed by atoms with Crippen LogP contribution < -0.4 is 0 Å². The van der Waals surface area contributed by atoms with Crippen molar-refractivity contribution in [1.82, 2.24) is 19.9 Å². The summed E-state index contributed by atoms with van der Waals surface area (Å²) in [5.74, 6) is 0. The van der Waals surface area contributed by atoms with Crippen molar-refractivity contribution in [3.63, 3.8) is 0 Å². The highest BCUT2D eigenvalue weighted by atomic mass is 14.8. The first-order valence-corrected chi connectivity index (χ1v) is 12.4. The van der Waals surface area contributed by atoms with Gasteiger partial charge in [0.25, 0.3) is 0 Å². The molecule has 0 bridgehead atoms. The van der Waals surface area contributed by atoms with Crippen LogP contribution in [0.25, 0.3) is 54.0 Å². The van der Waals surface area contributed by atoms with Gasteiger partial charge in [0.05, 0.1) is 5.52 Å². The van der Waals surface area contributed by atoms with Crippen LogP contribution in [0.2, 0.25) is 0 Å². The maximum atomic E-state index is 4.30. The van der Waals surface area contributed by atoms with Gasteiger partial charge in [0.2, 0.25) is 0 Å². The number of aromatic nitrogens is 4. The normalized spacial score (nSPS) is 10.6. The molecule has 4 heteroatoms. The highest BCUT2D eigenvalue weighted by Crippen LogP contribution is 2.28. The summed E-state index contributed by atoms with van der Waals surface area (Å²) in [7, 11) is 0. The minimum Gasteiger partial charge on any atom is -0.245 e. The van der Waals surface area contributed by atoms with Gasteiger partial charge in [-0.15, -0.1) is 0 Å². The van der Waals surface area contributed by atoms with Crippen LogP contribution in [0.5, 0.6) is 0 Å². The molecule has 0 fully saturated rings. The fourth-order valence-electron chi connectivity index (χ4n) is 4.61. The molecule has 0 saturated heterocycles. The van der Waals surface area contributed by atoms with Gasteiger partial charge in [-0.25, -0.2) is 19.9 Å². The standard InChI is InChI=1S/C16H10N2.C14H10.C4H4N2/c1-2-4-12-8-14-13(7-11(12)3-1)5-6-16-15(14)9-17-10-18-16;1-2-6-12-10-14-8-4-3-7-13(14)9-11(12)5-1;1-2-5-4-6-3-1/h1-10H;1-10H;1-4H. The Morgan fingerprint density at radius 3 is 1.34 bits per heavy atom. The number of fused-ring (bicyclic) bond motifs is 6. The molecule has 0 N–H and O–H groups in total. The third-order valence-electron chi connectivity index (χ3n) is 6.46. The van der Waals surface area contributed by atoms with Crippen LogP contribution in [0.3, 0.4) is 0 Å². The van der Waals surface area contributed by atoms with E-state index in [-0.39, 0.29) is 0 Å². The first-order chi connectivity index (χ1) is 18.8. The van der Waals surface area contributed by atoms with Crippen LogP contribution >= 0.6 is 0 Å². The van der Waals surface area contributed by atoms with Gasteiger partial charge in [-0.1, -0.05) is 78.9 Å². The van der Waals surface area contributed by atoms with E-state index in [0.717, 1.165) is 10.9 Å². The Bertz CT molecular complexity index is 1850. The number of hydrogen-bond donors (Lipinski definition) is 0. The van der Waals surface area contributed by atoms with E-state index in [4.69, 9.17) is 0 Å². The summed E-state index contributed by atoms with van der Waals surface area (Å²) in [6.45, 7) is 0. The lowest BCUT2D eigenvalue weighted by Gasteiger charge is -2.05. The first kappa shape index (κ1) is 23.2. The van der Waals surface area contributed by atoms with Crippen LogP contribution in [0.15, 0.2) is 147 Å². The summed E-state index contributed by atoms with van der Waals surface area (Å²) >= 11 is 0. The van der Waals surface area contributed by atoms with E-state index in [1.54, 1.807) is 24.8 Å². The van der Waals surface area contributed by atoms with Crippen molar-refractivity contribution in [3.05, 3.63) is 147 Å². The summed E-state index contributed by atoms with van der Waals surface area (Å²) in [6, 6.07) is 40.2. The van der Waals surface area contributed by atoms with Crippen molar-refractivity contribution in [2.24, 2.45) is 0 Å². The zero-order chi connectivity index (χ0) is 25.6. The minimum absolute atomic E-state index is 0.993. The molecule has 0 atom stereocenters. The molecule has 8 rings (SSSR count). The predicted octanol–water partition coefficient (Wildman–Crippen LogP) is 8.41. The summed E-state index contributed by atoms with van der Waals surface area (Å²) in [6.07, 6.45) is 8.36. The average Bonchev–Trinajstić information content (AvgIpc) is 3.00. The Morgan fingerprint density at radius 2 is 0.868 bits per heavy atom. The summed E-state index contributed by atoms with van der Waals surface area (Å²) in [4.78, 5) is 15.8. The van der Waals surface area contributed by atoms with Crippen LogP contribution in [0.4, 0.5) is 0 Å². The molecule has 0 saturated carbocycles. The molecule has 0 amide bonds. The second kappa shape index (κ2) is 10.8. The van der Waals surface area contributed by atoms with E-state index in [2.05, 4.69) is 123 Å². The largest absolute Gasteiger partial charge is 0.245 e. The molecule has 6 aromatic carbocycles. The van der Waals surface area contributed by atoms with Gasteiger partial charge in [0.1, 0.15) is 12.7 Å². The van der Waals surface area contributed by atoms with Crippen LogP contribution in [-0.4, -0.2) is 19.9 Å². The van der Waals surface area contributed by atoms with Crippen molar-refractivity contribution in [1.29, 1.82) is 0 Å². The van der Waals surface area contributed by atoms with Gasteiger partial charge in [-0.3, -0.25) is 0 Å². The molecular formula is C34H24N4. The average molecular weight is 489 g/mol. The molecule has 180 valence electrons. The van der Waals surface area contributed by atoms with E-state index in [1.165, 1.54) is 49.4 Å². The summed E-state index contributed by atoms with van der Waals surface area (Å²) in [5.41, 5.74) is 0.993. The number of rotatable bonds is 0. The maximum absolute atomic E-state index is 4.30. The molecular weight excluding hydrogens is 464 g/mol. The molecule has 4 nitrogen and oxygen atoms in total. The molecule has 2 aromatic heterocycles. The van der Waals surface area contributed by atoms with Crippen molar-refractivity contribution in [3.8, 4) is 0 Å². The van der Waals surface area contributed by atoms with Crippen LogP contribution in [-0.2, 0) is 0 Å². The lowest BCUT2D eigenvalue weighted by atomic mass is 10.0. The van der Waals surface area contributed by atoms with E-state index in [0.29, 0.717) is 0 Å². The van der Waals surface area contributed by atoms with Gasteiger partial charge >= 0.3 is 0 Å². The second-order valence-corrected chi connectivity index (χ2v) is 8.89. The molecule has 8 aromatic rings. The highest BCUT2D eigenvalue weighted by molar-refractivity contribution is 6.10. The summed E-state index contributed by atoms with van der Waals surface area (Å²) < 4.78 is 0. The molecule has 0 aliphatic carbocycles. The Hall–Kier alpha value is -5.22. The number of benzene rings is 6. The van der Waals surface area contributed by atoms with E-state index >= 15 is 0 Å². The Kier molecular flexibility index (Phi) is 6.60. The predicted molar refractivity (Wildman–Crippen MR) is 158 cm³/mol. The Balaban J connectivity index is 0.000000117. The molecule has 0 spiro atoms. The third-order valence-corrected chi connectivity index (χ3v) is 6.46. The lowest BCUT2D eigenvalue weighted by Crippen LogP contribution is -1.83. The van der Waals surface area contributed by atoms with E-state index < -0.39 is 0 Å². The molecule has 0 unspecified atom stereocenters. The van der Waals surface area contributed by atoms with Crippen LogP contribution in [0, 0.1) is 0 Å². The first-order valence-electron chi connectivity index (χ1n) is 12.4. The second-order valence-electron chi connectivity index (χ2n) is 8.89. The Morgan fingerprint density at radius 1 is 0.368 bits per heavy atom. The smallest absolute Gasteiger partial charge is 0.116 e. The van der Waals surface area contributed by atoms with Gasteiger partial charge < -0.3 is 0 Å². The number of nitrogens with zero attached hydrogens (tertiary/aromatic N) is 4. The van der Waals surface area contributed by atoms with Crippen molar-refractivity contribution in [2.45, 2.75) is 0 Å². The topological polar surface area (TPSA) is 51.6 Å². The molecule has 0 aliphatic rings.